The van der Waals surface area contributed by atoms with Crippen molar-refractivity contribution in [3.05, 3.63) is 132 Å². The Morgan fingerprint density at radius 1 is 0.867 bits per heavy atom. The van der Waals surface area contributed by atoms with Crippen LogP contribution in [-0.4, -0.2) is 19.3 Å². The Balaban J connectivity index is 0.00000357. The first-order chi connectivity index (χ1) is 21.3. The van der Waals surface area contributed by atoms with Crippen LogP contribution in [0.1, 0.15) is 30.5 Å². The van der Waals surface area contributed by atoms with Crippen LogP contribution in [0.2, 0.25) is 0 Å². The van der Waals surface area contributed by atoms with Crippen LogP contribution in [0.5, 0.6) is 11.5 Å². The van der Waals surface area contributed by atoms with Gasteiger partial charge in [0, 0.05) is 35.0 Å². The Morgan fingerprint density at radius 2 is 1.64 bits per heavy atom. The summed E-state index contributed by atoms with van der Waals surface area (Å²) in [5, 5.41) is 6.78. The summed E-state index contributed by atoms with van der Waals surface area (Å²) in [6.45, 7) is 8.27. The number of pyridine rings is 1. The van der Waals surface area contributed by atoms with Crippen LogP contribution in [0.15, 0.2) is 97.5 Å². The van der Waals surface area contributed by atoms with Gasteiger partial charge in [0.05, 0.1) is 6.20 Å². The predicted molar refractivity (Wildman–Crippen MR) is 173 cm³/mol. The van der Waals surface area contributed by atoms with Crippen LogP contribution in [0.4, 0.5) is 4.39 Å². The summed E-state index contributed by atoms with van der Waals surface area (Å²) in [6, 6.07) is 32.3. The number of benzene rings is 4. The Kier molecular flexibility index (Phi) is 8.44. The molecule has 0 unspecified atom stereocenters. The van der Waals surface area contributed by atoms with Gasteiger partial charge in [-0.2, -0.15) is 17.2 Å². The van der Waals surface area contributed by atoms with E-state index in [1.807, 2.05) is 56.6 Å². The monoisotopic (exact) mass is 773 g/mol. The van der Waals surface area contributed by atoms with E-state index in [1.165, 1.54) is 5.56 Å². The largest absolute Gasteiger partial charge is 2.00 e. The van der Waals surface area contributed by atoms with Gasteiger partial charge in [0.2, 0.25) is 0 Å². The maximum Gasteiger partial charge on any atom is 2.00 e. The number of aryl methyl sites for hydroxylation is 2. The van der Waals surface area contributed by atoms with Crippen molar-refractivity contribution in [1.29, 1.82) is 0 Å². The number of para-hydroxylation sites is 1. The molecule has 7 rings (SSSR count). The average Bonchev–Trinajstić information content (AvgIpc) is 3.60. The minimum absolute atomic E-state index is 0. The summed E-state index contributed by atoms with van der Waals surface area (Å²) >= 11 is 0. The quantitative estimate of drug-likeness (QED) is 0.152. The van der Waals surface area contributed by atoms with Gasteiger partial charge in [0.25, 0.3) is 0 Å². The van der Waals surface area contributed by atoms with Crippen LogP contribution in [0, 0.1) is 37.7 Å². The molecule has 226 valence electrons. The molecule has 0 bridgehead atoms. The van der Waals surface area contributed by atoms with E-state index in [1.54, 1.807) is 23.0 Å². The summed E-state index contributed by atoms with van der Waals surface area (Å²) in [4.78, 5) is 4.75. The molecular formula is C38H31FN4OPt. The topological polar surface area (TPSA) is 44.9 Å². The van der Waals surface area contributed by atoms with E-state index in [4.69, 9.17) is 9.72 Å². The molecule has 3 aromatic heterocycles. The Bertz CT molecular complexity index is 2140. The molecular weight excluding hydrogens is 743 g/mol. The van der Waals surface area contributed by atoms with E-state index < -0.39 is 0 Å². The van der Waals surface area contributed by atoms with E-state index in [2.05, 4.69) is 72.0 Å². The smallest absolute Gasteiger partial charge is 0.509 e. The number of aromatic nitrogens is 4. The molecule has 7 aromatic rings. The molecule has 0 saturated carbocycles. The molecule has 0 aliphatic rings. The van der Waals surface area contributed by atoms with Crippen molar-refractivity contribution in [1.82, 2.24) is 19.3 Å². The van der Waals surface area contributed by atoms with Crippen LogP contribution >= 0.6 is 0 Å². The maximum atomic E-state index is 13.9. The number of fused-ring (bicyclic) bond motifs is 3. The molecule has 0 spiro atoms. The molecule has 4 aromatic carbocycles. The molecule has 3 heterocycles. The Hall–Kier alpha value is -4.54. The standard InChI is InChI=1S/C38H31FN4O.Pt/c1-24(2)16-27-14-15-40-37(19-27)43-35-11-6-5-10-33(35)34-13-12-32(21-36(34)43)44-31-9-7-8-30(20-31)42-23-28(22-41-42)38-25(3)17-29(39)18-26(38)4;/h5-15,17-19,22-24H,16H2,1-4H3;/q-2;+2. The van der Waals surface area contributed by atoms with Gasteiger partial charge in [0.15, 0.2) is 0 Å². The molecule has 0 N–H and O–H groups in total. The predicted octanol–water partition coefficient (Wildman–Crippen LogP) is 9.38. The van der Waals surface area contributed by atoms with Crippen LogP contribution in [0.25, 0.3) is 44.4 Å². The summed E-state index contributed by atoms with van der Waals surface area (Å²) in [5.74, 6) is 2.29. The van der Waals surface area contributed by atoms with Crippen molar-refractivity contribution in [2.75, 3.05) is 0 Å². The van der Waals surface area contributed by atoms with E-state index in [0.29, 0.717) is 17.4 Å². The van der Waals surface area contributed by atoms with Gasteiger partial charge in [-0.3, -0.25) is 4.68 Å². The Morgan fingerprint density at radius 3 is 2.44 bits per heavy atom. The van der Waals surface area contributed by atoms with Gasteiger partial charge < -0.3 is 9.30 Å². The van der Waals surface area contributed by atoms with Gasteiger partial charge in [-0.15, -0.1) is 35.7 Å². The molecule has 0 amide bonds. The van der Waals surface area contributed by atoms with Gasteiger partial charge in [-0.1, -0.05) is 37.6 Å². The fourth-order valence-corrected chi connectivity index (χ4v) is 6.05. The summed E-state index contributed by atoms with van der Waals surface area (Å²) in [5.41, 5.74) is 7.58. The number of hydrogen-bond donors (Lipinski definition) is 0. The van der Waals surface area contributed by atoms with Crippen LogP contribution in [-0.2, 0) is 27.5 Å². The number of halogens is 1. The second-order valence-corrected chi connectivity index (χ2v) is 11.6. The van der Waals surface area contributed by atoms with Crippen LogP contribution in [0.3, 0.4) is 0 Å². The first-order valence-electron chi connectivity index (χ1n) is 14.8. The molecule has 45 heavy (non-hydrogen) atoms. The summed E-state index contributed by atoms with van der Waals surface area (Å²) in [6.07, 6.45) is 6.59. The van der Waals surface area contributed by atoms with Crippen LogP contribution < -0.4 is 4.74 Å². The normalized spacial score (nSPS) is 11.3. The van der Waals surface area contributed by atoms with E-state index in [0.717, 1.165) is 62.0 Å². The fourth-order valence-electron chi connectivity index (χ4n) is 6.05. The second kappa shape index (κ2) is 12.5. The minimum Gasteiger partial charge on any atom is -0.509 e. The molecule has 0 fully saturated rings. The van der Waals surface area contributed by atoms with Crippen molar-refractivity contribution in [2.45, 2.75) is 34.1 Å². The third kappa shape index (κ3) is 5.95. The van der Waals surface area contributed by atoms with Gasteiger partial charge in [-0.25, -0.2) is 9.37 Å². The molecule has 5 nitrogen and oxygen atoms in total. The first kappa shape index (κ1) is 30.5. The second-order valence-electron chi connectivity index (χ2n) is 11.6. The van der Waals surface area contributed by atoms with Crippen molar-refractivity contribution >= 4 is 21.8 Å². The molecule has 0 aliphatic heterocycles. The number of ether oxygens (including phenoxy) is 1. The molecule has 0 saturated heterocycles. The van der Waals surface area contributed by atoms with Crippen molar-refractivity contribution in [3.63, 3.8) is 0 Å². The minimum atomic E-state index is -0.236. The summed E-state index contributed by atoms with van der Waals surface area (Å²) < 4.78 is 24.1. The molecule has 0 radical (unpaired) electrons. The van der Waals surface area contributed by atoms with E-state index in [-0.39, 0.29) is 26.9 Å². The zero-order chi connectivity index (χ0) is 30.4. The third-order valence-electron chi connectivity index (χ3n) is 7.83. The van der Waals surface area contributed by atoms with Gasteiger partial charge >= 0.3 is 21.1 Å². The number of nitrogens with zero attached hydrogens (tertiary/aromatic N) is 4. The fraction of sp³-hybridized carbons (Fsp3) is 0.158. The maximum absolute atomic E-state index is 13.9. The van der Waals surface area contributed by atoms with Crippen molar-refractivity contribution in [2.24, 2.45) is 5.92 Å². The third-order valence-corrected chi connectivity index (χ3v) is 7.83. The molecule has 7 heteroatoms. The van der Waals surface area contributed by atoms with Crippen molar-refractivity contribution in [3.8, 4) is 34.1 Å². The SMILES string of the molecule is Cc1cc(F)cc(C)c1-c1cnn(-c2[c-]c(Oc3[c-]c4c(cc3)c3ccccc3n4-c3cc(CC(C)C)ccn3)ccc2)c1.[Pt+2]. The number of hydrogen-bond acceptors (Lipinski definition) is 3. The Labute approximate surface area is 276 Å². The first-order valence-corrected chi connectivity index (χ1v) is 14.8. The molecule has 0 aliphatic carbocycles. The van der Waals surface area contributed by atoms with Gasteiger partial charge in [-0.05, 0) is 89.8 Å². The van der Waals surface area contributed by atoms with E-state index >= 15 is 0 Å². The summed E-state index contributed by atoms with van der Waals surface area (Å²) in [7, 11) is 0. The van der Waals surface area contributed by atoms with E-state index in [9.17, 15) is 4.39 Å². The zero-order valence-corrected chi connectivity index (χ0v) is 27.7. The average molecular weight is 774 g/mol. The van der Waals surface area contributed by atoms with Crippen molar-refractivity contribution < 1.29 is 30.2 Å². The zero-order valence-electron chi connectivity index (χ0n) is 25.4. The number of rotatable bonds is 7. The molecule has 0 atom stereocenters. The van der Waals surface area contributed by atoms with Gasteiger partial charge in [0.1, 0.15) is 11.6 Å².